The fourth-order valence-electron chi connectivity index (χ4n) is 2.46. The average Bonchev–Trinajstić information content (AvgIpc) is 2.34. The van der Waals surface area contributed by atoms with E-state index in [1.54, 1.807) is 11.9 Å². The standard InChI is InChI=1S/C12H21N3O2/c1-15-6-4-9(7-11(15)16)12(17)14-10-3-2-5-13-8-10/h9-10,13H,2-8H2,1H3,(H,14,17)/t9?,10-/m0/s1. The Labute approximate surface area is 102 Å². The number of hydrogen-bond donors (Lipinski definition) is 2. The lowest BCUT2D eigenvalue weighted by atomic mass is 9.95. The SMILES string of the molecule is CN1CCC(C(=O)N[C@H]2CCCNC2)CC1=O. The number of likely N-dealkylation sites (tertiary alicyclic amines) is 1. The third-order valence-electron chi connectivity index (χ3n) is 3.67. The molecule has 2 atom stereocenters. The fraction of sp³-hybridized carbons (Fsp3) is 0.833. The van der Waals surface area contributed by atoms with Crippen LogP contribution in [0.15, 0.2) is 0 Å². The van der Waals surface area contributed by atoms with Gasteiger partial charge in [0.25, 0.3) is 0 Å². The zero-order valence-electron chi connectivity index (χ0n) is 10.4. The van der Waals surface area contributed by atoms with E-state index < -0.39 is 0 Å². The number of hydrogen-bond acceptors (Lipinski definition) is 3. The normalized spacial score (nSPS) is 30.2. The number of nitrogens with zero attached hydrogens (tertiary/aromatic N) is 1. The van der Waals surface area contributed by atoms with Crippen molar-refractivity contribution >= 4 is 11.8 Å². The first-order valence-corrected chi connectivity index (χ1v) is 6.42. The molecule has 1 unspecified atom stereocenters. The third kappa shape index (κ3) is 3.19. The Bertz CT molecular complexity index is 300. The summed E-state index contributed by atoms with van der Waals surface area (Å²) >= 11 is 0. The van der Waals surface area contributed by atoms with Crippen LogP contribution >= 0.6 is 0 Å². The van der Waals surface area contributed by atoms with Gasteiger partial charge in [-0.25, -0.2) is 0 Å². The second-order valence-corrected chi connectivity index (χ2v) is 5.06. The van der Waals surface area contributed by atoms with E-state index >= 15 is 0 Å². The maximum Gasteiger partial charge on any atom is 0.223 e. The maximum absolute atomic E-state index is 12.0. The lowest BCUT2D eigenvalue weighted by Crippen LogP contribution is -2.49. The number of piperidine rings is 2. The van der Waals surface area contributed by atoms with E-state index in [4.69, 9.17) is 0 Å². The Morgan fingerprint density at radius 1 is 1.47 bits per heavy atom. The van der Waals surface area contributed by atoms with Crippen LogP contribution < -0.4 is 10.6 Å². The Morgan fingerprint density at radius 2 is 2.29 bits per heavy atom. The molecule has 5 heteroatoms. The molecule has 0 aromatic rings. The van der Waals surface area contributed by atoms with Gasteiger partial charge < -0.3 is 15.5 Å². The summed E-state index contributed by atoms with van der Waals surface area (Å²) in [5.41, 5.74) is 0. The van der Waals surface area contributed by atoms with Gasteiger partial charge in [-0.3, -0.25) is 9.59 Å². The van der Waals surface area contributed by atoms with E-state index in [1.807, 2.05) is 0 Å². The summed E-state index contributed by atoms with van der Waals surface area (Å²) in [6.07, 6.45) is 3.30. The van der Waals surface area contributed by atoms with Gasteiger partial charge in [0.15, 0.2) is 0 Å². The van der Waals surface area contributed by atoms with Gasteiger partial charge in [-0.15, -0.1) is 0 Å². The molecular weight excluding hydrogens is 218 g/mol. The van der Waals surface area contributed by atoms with Gasteiger partial charge in [0.05, 0.1) is 0 Å². The summed E-state index contributed by atoms with van der Waals surface area (Å²) in [7, 11) is 1.79. The molecule has 2 aliphatic rings. The van der Waals surface area contributed by atoms with Crippen molar-refractivity contribution in [1.82, 2.24) is 15.5 Å². The van der Waals surface area contributed by atoms with E-state index in [0.717, 1.165) is 32.4 Å². The highest BCUT2D eigenvalue weighted by atomic mass is 16.2. The van der Waals surface area contributed by atoms with Crippen LogP contribution in [0.2, 0.25) is 0 Å². The van der Waals surface area contributed by atoms with Crippen molar-refractivity contribution in [3.05, 3.63) is 0 Å². The molecule has 2 aliphatic heterocycles. The highest BCUT2D eigenvalue weighted by Gasteiger charge is 2.29. The predicted octanol–water partition coefficient (Wildman–Crippen LogP) is -0.277. The number of rotatable bonds is 2. The summed E-state index contributed by atoms with van der Waals surface area (Å²) < 4.78 is 0. The molecule has 2 saturated heterocycles. The molecular formula is C12H21N3O2. The topological polar surface area (TPSA) is 61.4 Å². The van der Waals surface area contributed by atoms with Crippen molar-refractivity contribution in [2.45, 2.75) is 31.7 Å². The largest absolute Gasteiger partial charge is 0.352 e. The lowest BCUT2D eigenvalue weighted by Gasteiger charge is -2.30. The van der Waals surface area contributed by atoms with Crippen molar-refractivity contribution in [3.8, 4) is 0 Å². The molecule has 2 heterocycles. The minimum absolute atomic E-state index is 0.0557. The van der Waals surface area contributed by atoms with Crippen molar-refractivity contribution in [2.24, 2.45) is 5.92 Å². The Balaban J connectivity index is 1.81. The Kier molecular flexibility index (Phi) is 3.99. The molecule has 2 amide bonds. The fourth-order valence-corrected chi connectivity index (χ4v) is 2.46. The number of carbonyl (C=O) groups is 2. The van der Waals surface area contributed by atoms with E-state index in [2.05, 4.69) is 10.6 Å². The minimum Gasteiger partial charge on any atom is -0.352 e. The van der Waals surface area contributed by atoms with E-state index in [0.29, 0.717) is 13.0 Å². The van der Waals surface area contributed by atoms with Gasteiger partial charge in [0, 0.05) is 38.5 Å². The van der Waals surface area contributed by atoms with Gasteiger partial charge >= 0.3 is 0 Å². The molecule has 0 spiro atoms. The van der Waals surface area contributed by atoms with Crippen LogP contribution in [-0.2, 0) is 9.59 Å². The maximum atomic E-state index is 12.0. The highest BCUT2D eigenvalue weighted by molar-refractivity contribution is 5.86. The predicted molar refractivity (Wildman–Crippen MR) is 64.4 cm³/mol. The molecule has 0 saturated carbocycles. The first kappa shape index (κ1) is 12.4. The highest BCUT2D eigenvalue weighted by Crippen LogP contribution is 2.17. The Hall–Kier alpha value is -1.10. The van der Waals surface area contributed by atoms with Crippen molar-refractivity contribution in [1.29, 1.82) is 0 Å². The number of amides is 2. The molecule has 0 bridgehead atoms. The summed E-state index contributed by atoms with van der Waals surface area (Å²) in [6.45, 7) is 2.59. The second kappa shape index (κ2) is 5.49. The average molecular weight is 239 g/mol. The van der Waals surface area contributed by atoms with E-state index in [1.165, 1.54) is 0 Å². The van der Waals surface area contributed by atoms with Crippen LogP contribution in [0.1, 0.15) is 25.7 Å². The molecule has 96 valence electrons. The summed E-state index contributed by atoms with van der Waals surface area (Å²) in [5, 5.41) is 6.32. The zero-order chi connectivity index (χ0) is 12.3. The number of carbonyl (C=O) groups excluding carboxylic acids is 2. The van der Waals surface area contributed by atoms with Gasteiger partial charge in [-0.05, 0) is 25.8 Å². The monoisotopic (exact) mass is 239 g/mol. The van der Waals surface area contributed by atoms with E-state index in [9.17, 15) is 9.59 Å². The third-order valence-corrected chi connectivity index (χ3v) is 3.67. The molecule has 0 radical (unpaired) electrons. The van der Waals surface area contributed by atoms with Gasteiger partial charge in [-0.2, -0.15) is 0 Å². The minimum atomic E-state index is -0.124. The van der Waals surface area contributed by atoms with Crippen LogP contribution in [-0.4, -0.2) is 49.4 Å². The van der Waals surface area contributed by atoms with Crippen LogP contribution in [0.3, 0.4) is 0 Å². The van der Waals surface area contributed by atoms with Crippen molar-refractivity contribution in [3.63, 3.8) is 0 Å². The van der Waals surface area contributed by atoms with Crippen molar-refractivity contribution < 1.29 is 9.59 Å². The first-order valence-electron chi connectivity index (χ1n) is 6.42. The quantitative estimate of drug-likeness (QED) is 0.697. The van der Waals surface area contributed by atoms with Crippen LogP contribution in [0.4, 0.5) is 0 Å². The lowest BCUT2D eigenvalue weighted by molar-refractivity contribution is -0.139. The van der Waals surface area contributed by atoms with Crippen molar-refractivity contribution in [2.75, 3.05) is 26.7 Å². The van der Waals surface area contributed by atoms with Gasteiger partial charge in [-0.1, -0.05) is 0 Å². The molecule has 2 N–H and O–H groups in total. The number of nitrogens with one attached hydrogen (secondary N) is 2. The Morgan fingerprint density at radius 3 is 2.94 bits per heavy atom. The van der Waals surface area contributed by atoms with Crippen LogP contribution in [0, 0.1) is 5.92 Å². The first-order chi connectivity index (χ1) is 8.16. The van der Waals surface area contributed by atoms with Gasteiger partial charge in [0.2, 0.25) is 11.8 Å². The molecule has 2 fully saturated rings. The summed E-state index contributed by atoms with van der Waals surface area (Å²) in [5.74, 6) is 0.0129. The second-order valence-electron chi connectivity index (χ2n) is 5.06. The molecule has 0 aromatic heterocycles. The zero-order valence-corrected chi connectivity index (χ0v) is 10.4. The molecule has 17 heavy (non-hydrogen) atoms. The van der Waals surface area contributed by atoms with Crippen LogP contribution in [0.5, 0.6) is 0 Å². The van der Waals surface area contributed by atoms with E-state index in [-0.39, 0.29) is 23.8 Å². The smallest absolute Gasteiger partial charge is 0.223 e. The molecule has 0 aliphatic carbocycles. The summed E-state index contributed by atoms with van der Waals surface area (Å²) in [4.78, 5) is 25.2. The van der Waals surface area contributed by atoms with Gasteiger partial charge in [0.1, 0.15) is 0 Å². The van der Waals surface area contributed by atoms with Crippen LogP contribution in [0.25, 0.3) is 0 Å². The summed E-state index contributed by atoms with van der Waals surface area (Å²) in [6, 6.07) is 0.242. The molecule has 2 rings (SSSR count). The molecule has 5 nitrogen and oxygen atoms in total. The molecule has 0 aromatic carbocycles.